The summed E-state index contributed by atoms with van der Waals surface area (Å²) < 4.78 is 5.09. The molecule has 0 bridgehead atoms. The predicted molar refractivity (Wildman–Crippen MR) is 107 cm³/mol. The van der Waals surface area contributed by atoms with E-state index in [2.05, 4.69) is 43.4 Å². The van der Waals surface area contributed by atoms with Crippen molar-refractivity contribution in [3.05, 3.63) is 69.4 Å². The van der Waals surface area contributed by atoms with Crippen molar-refractivity contribution in [1.82, 2.24) is 20.0 Å². The molecular weight excluding hydrogens is 440 g/mol. The topological polar surface area (TPSA) is 43.6 Å². The third kappa shape index (κ3) is 4.23. The molecule has 0 unspecified atom stereocenters. The highest BCUT2D eigenvalue weighted by Gasteiger charge is 2.08. The van der Waals surface area contributed by atoms with Crippen LogP contribution in [-0.2, 0) is 12.3 Å². The Bertz CT molecular complexity index is 1010. The Labute approximate surface area is 166 Å². The molecule has 0 fully saturated rings. The van der Waals surface area contributed by atoms with Gasteiger partial charge >= 0.3 is 0 Å². The SMILES string of the molecule is Clc1ccc2sc(SCc3cn(Cc4ccc(Br)cc4)nn3)nc2c1. The molecule has 0 amide bonds. The molecule has 2 aromatic carbocycles. The summed E-state index contributed by atoms with van der Waals surface area (Å²) in [4.78, 5) is 4.61. The summed E-state index contributed by atoms with van der Waals surface area (Å²) in [6, 6.07) is 14.0. The fraction of sp³-hybridized carbons (Fsp3) is 0.118. The number of benzene rings is 2. The minimum atomic E-state index is 0.713. The van der Waals surface area contributed by atoms with E-state index in [9.17, 15) is 0 Å². The molecular formula is C17H12BrClN4S2. The van der Waals surface area contributed by atoms with E-state index in [0.717, 1.165) is 30.5 Å². The van der Waals surface area contributed by atoms with Crippen LogP contribution in [0.2, 0.25) is 5.02 Å². The summed E-state index contributed by atoms with van der Waals surface area (Å²) in [5, 5.41) is 9.17. The Kier molecular flexibility index (Phi) is 5.08. The Balaban J connectivity index is 1.41. The van der Waals surface area contributed by atoms with Crippen molar-refractivity contribution in [3.8, 4) is 0 Å². The number of thiazole rings is 1. The minimum absolute atomic E-state index is 0.713. The average molecular weight is 452 g/mol. The van der Waals surface area contributed by atoms with Crippen LogP contribution in [0.4, 0.5) is 0 Å². The van der Waals surface area contributed by atoms with Crippen molar-refractivity contribution < 1.29 is 0 Å². The number of fused-ring (bicyclic) bond motifs is 1. The van der Waals surface area contributed by atoms with Crippen LogP contribution in [-0.4, -0.2) is 20.0 Å². The van der Waals surface area contributed by atoms with Gasteiger partial charge in [0.2, 0.25) is 0 Å². The van der Waals surface area contributed by atoms with E-state index in [-0.39, 0.29) is 0 Å². The molecule has 0 aliphatic carbocycles. The summed E-state index contributed by atoms with van der Waals surface area (Å²) in [6.45, 7) is 0.713. The van der Waals surface area contributed by atoms with Gasteiger partial charge in [-0.3, -0.25) is 0 Å². The molecule has 0 atom stereocenters. The first-order valence-corrected chi connectivity index (χ1v) is 10.5. The van der Waals surface area contributed by atoms with Crippen molar-refractivity contribution in [2.75, 3.05) is 0 Å². The molecule has 4 aromatic rings. The molecule has 0 saturated carbocycles. The average Bonchev–Trinajstić information content (AvgIpc) is 3.21. The van der Waals surface area contributed by atoms with Crippen LogP contribution in [0.5, 0.6) is 0 Å². The molecule has 4 nitrogen and oxygen atoms in total. The van der Waals surface area contributed by atoms with E-state index >= 15 is 0 Å². The van der Waals surface area contributed by atoms with Gasteiger partial charge in [0, 0.05) is 21.4 Å². The van der Waals surface area contributed by atoms with Crippen molar-refractivity contribution in [3.63, 3.8) is 0 Å². The maximum Gasteiger partial charge on any atom is 0.151 e. The predicted octanol–water partition coefficient (Wildman–Crippen LogP) is 5.64. The molecule has 0 spiro atoms. The maximum atomic E-state index is 6.01. The van der Waals surface area contributed by atoms with E-state index in [1.807, 2.05) is 41.2 Å². The third-order valence-corrected chi connectivity index (χ3v) is 6.49. The van der Waals surface area contributed by atoms with Crippen LogP contribution < -0.4 is 0 Å². The van der Waals surface area contributed by atoms with Crippen LogP contribution in [0.15, 0.2) is 57.5 Å². The molecule has 0 N–H and O–H groups in total. The zero-order valence-corrected chi connectivity index (χ0v) is 16.9. The number of nitrogens with zero attached hydrogens (tertiary/aromatic N) is 4. The zero-order chi connectivity index (χ0) is 17.2. The fourth-order valence-electron chi connectivity index (χ4n) is 2.34. The van der Waals surface area contributed by atoms with E-state index in [0.29, 0.717) is 11.6 Å². The lowest BCUT2D eigenvalue weighted by Crippen LogP contribution is -1.99. The highest BCUT2D eigenvalue weighted by atomic mass is 79.9. The summed E-state index contributed by atoms with van der Waals surface area (Å²) >= 11 is 12.8. The van der Waals surface area contributed by atoms with Crippen LogP contribution in [0.25, 0.3) is 10.2 Å². The third-order valence-electron chi connectivity index (χ3n) is 3.52. The number of halogens is 2. The number of rotatable bonds is 5. The Morgan fingerprint density at radius 1 is 1.16 bits per heavy atom. The molecule has 126 valence electrons. The first-order chi connectivity index (χ1) is 12.2. The fourth-order valence-corrected chi connectivity index (χ4v) is 4.69. The molecule has 0 radical (unpaired) electrons. The van der Waals surface area contributed by atoms with Gasteiger partial charge in [-0.1, -0.05) is 56.6 Å². The first kappa shape index (κ1) is 17.0. The summed E-state index contributed by atoms with van der Waals surface area (Å²) in [6.07, 6.45) is 1.99. The van der Waals surface area contributed by atoms with Gasteiger partial charge in [-0.15, -0.1) is 16.4 Å². The second-order valence-corrected chi connectivity index (χ2v) is 9.02. The van der Waals surface area contributed by atoms with E-state index in [1.165, 1.54) is 5.56 Å². The second kappa shape index (κ2) is 7.45. The van der Waals surface area contributed by atoms with Gasteiger partial charge in [0.25, 0.3) is 0 Å². The standard InChI is InChI=1S/C17H12BrClN4S2/c18-12-3-1-11(2-4-12)8-23-9-14(21-22-23)10-24-17-20-15-7-13(19)5-6-16(15)25-17/h1-7,9H,8,10H2. The number of thioether (sulfide) groups is 1. The Morgan fingerprint density at radius 2 is 2.00 bits per heavy atom. The van der Waals surface area contributed by atoms with Gasteiger partial charge in [-0.25, -0.2) is 9.67 Å². The Morgan fingerprint density at radius 3 is 2.84 bits per heavy atom. The molecule has 0 saturated heterocycles. The van der Waals surface area contributed by atoms with Crippen molar-refractivity contribution in [1.29, 1.82) is 0 Å². The van der Waals surface area contributed by atoms with Crippen LogP contribution in [0.3, 0.4) is 0 Å². The monoisotopic (exact) mass is 450 g/mol. The molecule has 8 heteroatoms. The highest BCUT2D eigenvalue weighted by Crippen LogP contribution is 2.32. The van der Waals surface area contributed by atoms with Gasteiger partial charge in [0.05, 0.1) is 22.5 Å². The van der Waals surface area contributed by atoms with E-state index in [1.54, 1.807) is 23.1 Å². The maximum absolute atomic E-state index is 6.01. The van der Waals surface area contributed by atoms with E-state index in [4.69, 9.17) is 11.6 Å². The zero-order valence-electron chi connectivity index (χ0n) is 12.9. The van der Waals surface area contributed by atoms with Gasteiger partial charge in [-0.2, -0.15) is 0 Å². The van der Waals surface area contributed by atoms with Crippen LogP contribution in [0.1, 0.15) is 11.3 Å². The molecule has 4 rings (SSSR count). The quantitative estimate of drug-likeness (QED) is 0.368. The van der Waals surface area contributed by atoms with Crippen molar-refractivity contribution >= 4 is 60.8 Å². The van der Waals surface area contributed by atoms with E-state index < -0.39 is 0 Å². The van der Waals surface area contributed by atoms with Crippen LogP contribution in [0, 0.1) is 0 Å². The smallest absolute Gasteiger partial charge is 0.151 e. The molecule has 0 aliphatic heterocycles. The lowest BCUT2D eigenvalue weighted by atomic mass is 10.2. The summed E-state index contributed by atoms with van der Waals surface area (Å²) in [5.74, 6) is 0.744. The van der Waals surface area contributed by atoms with Gasteiger partial charge in [-0.05, 0) is 35.9 Å². The Hall–Kier alpha value is -1.41. The molecule has 2 heterocycles. The molecule has 2 aromatic heterocycles. The summed E-state index contributed by atoms with van der Waals surface area (Å²) in [5.41, 5.74) is 3.08. The van der Waals surface area contributed by atoms with Crippen molar-refractivity contribution in [2.24, 2.45) is 0 Å². The molecule has 0 aliphatic rings. The minimum Gasteiger partial charge on any atom is -0.248 e. The molecule has 25 heavy (non-hydrogen) atoms. The first-order valence-electron chi connectivity index (χ1n) is 7.48. The number of hydrogen-bond acceptors (Lipinski definition) is 5. The van der Waals surface area contributed by atoms with Gasteiger partial charge in [0.15, 0.2) is 4.34 Å². The largest absolute Gasteiger partial charge is 0.248 e. The lowest BCUT2D eigenvalue weighted by molar-refractivity contribution is 0.649. The number of aromatic nitrogens is 4. The van der Waals surface area contributed by atoms with Crippen molar-refractivity contribution in [2.45, 2.75) is 16.6 Å². The van der Waals surface area contributed by atoms with Gasteiger partial charge in [0.1, 0.15) is 0 Å². The normalized spacial score (nSPS) is 11.3. The second-order valence-electron chi connectivity index (χ2n) is 5.41. The number of hydrogen-bond donors (Lipinski definition) is 0. The lowest BCUT2D eigenvalue weighted by Gasteiger charge is -2.00. The van der Waals surface area contributed by atoms with Crippen LogP contribution >= 0.6 is 50.6 Å². The van der Waals surface area contributed by atoms with Gasteiger partial charge < -0.3 is 0 Å². The summed E-state index contributed by atoms with van der Waals surface area (Å²) in [7, 11) is 0. The highest BCUT2D eigenvalue weighted by molar-refractivity contribution is 9.10.